The highest BCUT2D eigenvalue weighted by Gasteiger charge is 2.18. The van der Waals surface area contributed by atoms with Gasteiger partial charge in [-0.15, -0.1) is 0 Å². The lowest BCUT2D eigenvalue weighted by Gasteiger charge is -2.16. The summed E-state index contributed by atoms with van der Waals surface area (Å²) in [5, 5.41) is 5.49. The van der Waals surface area contributed by atoms with Crippen molar-refractivity contribution in [1.29, 1.82) is 0 Å². The summed E-state index contributed by atoms with van der Waals surface area (Å²) in [6.07, 6.45) is 0. The Bertz CT molecular complexity index is 728. The van der Waals surface area contributed by atoms with E-state index in [2.05, 4.69) is 10.6 Å². The van der Waals surface area contributed by atoms with Gasteiger partial charge in [-0.3, -0.25) is 9.59 Å². The third kappa shape index (κ3) is 4.59. The Morgan fingerprint density at radius 1 is 1.12 bits per heavy atom. The lowest BCUT2D eigenvalue weighted by atomic mass is 10.1. The van der Waals surface area contributed by atoms with E-state index in [1.54, 1.807) is 31.2 Å². The summed E-state index contributed by atoms with van der Waals surface area (Å²) in [5.41, 5.74) is 2.11. The normalized spacial score (nSPS) is 11.5. The average Bonchev–Trinajstić information content (AvgIpc) is 2.56. The van der Waals surface area contributed by atoms with Gasteiger partial charge in [0.2, 0.25) is 5.91 Å². The van der Waals surface area contributed by atoms with Crippen molar-refractivity contribution in [1.82, 2.24) is 5.32 Å². The number of carbonyl (C=O) groups is 2. The molecule has 2 aromatic rings. The van der Waals surface area contributed by atoms with Crippen molar-refractivity contribution in [2.45, 2.75) is 26.8 Å². The lowest BCUT2D eigenvalue weighted by molar-refractivity contribution is -0.117. The number of amides is 2. The predicted octanol–water partition coefficient (Wildman–Crippen LogP) is 3.15. The van der Waals surface area contributed by atoms with E-state index in [0.717, 1.165) is 5.56 Å². The number of hydrogen-bond acceptors (Lipinski definition) is 3. The fourth-order valence-electron chi connectivity index (χ4n) is 2.22. The minimum atomic E-state index is -0.673. The van der Waals surface area contributed by atoms with E-state index in [-0.39, 0.29) is 11.8 Å². The fraction of sp³-hybridized carbons (Fsp3) is 0.263. The molecule has 2 amide bonds. The summed E-state index contributed by atoms with van der Waals surface area (Å²) >= 11 is 0. The SMILES string of the molecule is CCOc1ccccc1NC(=O)[C@H](C)NC(=O)c1cccc(C)c1. The van der Waals surface area contributed by atoms with Gasteiger partial charge in [0.15, 0.2) is 0 Å². The summed E-state index contributed by atoms with van der Waals surface area (Å²) in [7, 11) is 0. The average molecular weight is 326 g/mol. The molecule has 2 aromatic carbocycles. The van der Waals surface area contributed by atoms with Crippen LogP contribution >= 0.6 is 0 Å². The first-order valence-electron chi connectivity index (χ1n) is 7.91. The van der Waals surface area contributed by atoms with E-state index in [4.69, 9.17) is 4.74 Å². The van der Waals surface area contributed by atoms with E-state index in [9.17, 15) is 9.59 Å². The van der Waals surface area contributed by atoms with Crippen molar-refractivity contribution in [3.05, 3.63) is 59.7 Å². The number of rotatable bonds is 6. The van der Waals surface area contributed by atoms with Gasteiger partial charge in [0.05, 0.1) is 12.3 Å². The molecule has 0 aliphatic heterocycles. The molecule has 5 nitrogen and oxygen atoms in total. The van der Waals surface area contributed by atoms with Gasteiger partial charge in [-0.25, -0.2) is 0 Å². The van der Waals surface area contributed by atoms with Crippen LogP contribution in [0.4, 0.5) is 5.69 Å². The van der Waals surface area contributed by atoms with Gasteiger partial charge in [-0.2, -0.15) is 0 Å². The Balaban J connectivity index is 2.01. The molecule has 0 saturated carbocycles. The molecule has 0 bridgehead atoms. The molecular weight excluding hydrogens is 304 g/mol. The lowest BCUT2D eigenvalue weighted by Crippen LogP contribution is -2.41. The first kappa shape index (κ1) is 17.5. The molecule has 0 unspecified atom stereocenters. The molecule has 0 heterocycles. The number of anilines is 1. The van der Waals surface area contributed by atoms with Crippen molar-refractivity contribution in [3.8, 4) is 5.75 Å². The Morgan fingerprint density at radius 2 is 1.88 bits per heavy atom. The van der Waals surface area contributed by atoms with Gasteiger partial charge >= 0.3 is 0 Å². The van der Waals surface area contributed by atoms with Crippen LogP contribution in [-0.2, 0) is 4.79 Å². The molecule has 2 N–H and O–H groups in total. The third-order valence-electron chi connectivity index (χ3n) is 3.47. The number of ether oxygens (including phenoxy) is 1. The molecule has 0 saturated heterocycles. The molecule has 0 aromatic heterocycles. The van der Waals surface area contributed by atoms with Crippen LogP contribution in [0.15, 0.2) is 48.5 Å². The molecule has 5 heteroatoms. The molecular formula is C19H22N2O3. The van der Waals surface area contributed by atoms with Crippen LogP contribution < -0.4 is 15.4 Å². The summed E-state index contributed by atoms with van der Waals surface area (Å²) in [4.78, 5) is 24.5. The van der Waals surface area contributed by atoms with Crippen molar-refractivity contribution in [2.24, 2.45) is 0 Å². The molecule has 0 spiro atoms. The minimum absolute atomic E-state index is 0.278. The molecule has 0 radical (unpaired) electrons. The number of nitrogens with one attached hydrogen (secondary N) is 2. The second-order valence-electron chi connectivity index (χ2n) is 5.48. The third-order valence-corrected chi connectivity index (χ3v) is 3.47. The number of carbonyl (C=O) groups excluding carboxylic acids is 2. The van der Waals surface area contributed by atoms with Crippen LogP contribution in [-0.4, -0.2) is 24.5 Å². The molecule has 24 heavy (non-hydrogen) atoms. The summed E-state index contributed by atoms with van der Waals surface area (Å²) in [5.74, 6) is 0.0214. The zero-order chi connectivity index (χ0) is 17.5. The zero-order valence-corrected chi connectivity index (χ0v) is 14.1. The topological polar surface area (TPSA) is 67.4 Å². The standard InChI is InChI=1S/C19H22N2O3/c1-4-24-17-11-6-5-10-16(17)21-18(22)14(3)20-19(23)15-9-7-8-13(2)12-15/h5-12,14H,4H2,1-3H3,(H,20,23)(H,21,22)/t14-/m0/s1. The van der Waals surface area contributed by atoms with E-state index in [0.29, 0.717) is 23.6 Å². The summed E-state index contributed by atoms with van der Waals surface area (Å²) in [6.45, 7) is 5.94. The smallest absolute Gasteiger partial charge is 0.251 e. The van der Waals surface area contributed by atoms with Crippen molar-refractivity contribution in [2.75, 3.05) is 11.9 Å². The van der Waals surface area contributed by atoms with Crippen molar-refractivity contribution >= 4 is 17.5 Å². The monoisotopic (exact) mass is 326 g/mol. The van der Waals surface area contributed by atoms with Crippen LogP contribution in [0.25, 0.3) is 0 Å². The maximum absolute atomic E-state index is 12.3. The molecule has 0 aliphatic rings. The van der Waals surface area contributed by atoms with Gasteiger partial charge in [-0.05, 0) is 45.0 Å². The highest BCUT2D eigenvalue weighted by molar-refractivity contribution is 6.01. The Labute approximate surface area is 142 Å². The van der Waals surface area contributed by atoms with Crippen LogP contribution in [0.1, 0.15) is 29.8 Å². The van der Waals surface area contributed by atoms with Crippen molar-refractivity contribution in [3.63, 3.8) is 0 Å². The number of aryl methyl sites for hydroxylation is 1. The van der Waals surface area contributed by atoms with Gasteiger partial charge in [0, 0.05) is 5.56 Å². The maximum Gasteiger partial charge on any atom is 0.251 e. The molecule has 1 atom stereocenters. The van der Waals surface area contributed by atoms with Crippen LogP contribution in [0.3, 0.4) is 0 Å². The quantitative estimate of drug-likeness (QED) is 0.857. The Kier molecular flexibility index (Phi) is 5.95. The number of benzene rings is 2. The molecule has 0 aliphatic carbocycles. The van der Waals surface area contributed by atoms with E-state index >= 15 is 0 Å². The van der Waals surface area contributed by atoms with Gasteiger partial charge < -0.3 is 15.4 Å². The van der Waals surface area contributed by atoms with Gasteiger partial charge in [-0.1, -0.05) is 29.8 Å². The minimum Gasteiger partial charge on any atom is -0.492 e. The van der Waals surface area contributed by atoms with E-state index in [1.165, 1.54) is 0 Å². The summed E-state index contributed by atoms with van der Waals surface area (Å²) < 4.78 is 5.48. The molecule has 2 rings (SSSR count). The molecule has 0 fully saturated rings. The second kappa shape index (κ2) is 8.15. The Morgan fingerprint density at radius 3 is 2.58 bits per heavy atom. The van der Waals surface area contributed by atoms with Crippen LogP contribution in [0, 0.1) is 6.92 Å². The number of hydrogen-bond donors (Lipinski definition) is 2. The first-order chi connectivity index (χ1) is 11.5. The maximum atomic E-state index is 12.3. The van der Waals surface area contributed by atoms with Gasteiger partial charge in [0.25, 0.3) is 5.91 Å². The van der Waals surface area contributed by atoms with Crippen LogP contribution in [0.5, 0.6) is 5.75 Å². The highest BCUT2D eigenvalue weighted by atomic mass is 16.5. The first-order valence-corrected chi connectivity index (χ1v) is 7.91. The van der Waals surface area contributed by atoms with E-state index in [1.807, 2.05) is 38.1 Å². The molecule has 126 valence electrons. The van der Waals surface area contributed by atoms with Gasteiger partial charge in [0.1, 0.15) is 11.8 Å². The van der Waals surface area contributed by atoms with Crippen molar-refractivity contribution < 1.29 is 14.3 Å². The van der Waals surface area contributed by atoms with Crippen LogP contribution in [0.2, 0.25) is 0 Å². The summed E-state index contributed by atoms with van der Waals surface area (Å²) in [6, 6.07) is 13.8. The van der Waals surface area contributed by atoms with E-state index < -0.39 is 6.04 Å². The zero-order valence-electron chi connectivity index (χ0n) is 14.1. The fourth-order valence-corrected chi connectivity index (χ4v) is 2.22. The number of para-hydroxylation sites is 2. The largest absolute Gasteiger partial charge is 0.492 e. The Hall–Kier alpha value is -2.82. The predicted molar refractivity (Wildman–Crippen MR) is 94.3 cm³/mol. The highest BCUT2D eigenvalue weighted by Crippen LogP contribution is 2.23. The second-order valence-corrected chi connectivity index (χ2v) is 5.48.